The SMILES string of the molecule is CCn1cnc(S(=O)(=O)NCCC2=CCNCC2)c1. The predicted octanol–water partition coefficient (Wildman–Crippen LogP) is 0.491. The van der Waals surface area contributed by atoms with E-state index in [9.17, 15) is 8.42 Å². The molecule has 106 valence electrons. The Balaban J connectivity index is 1.88. The monoisotopic (exact) mass is 284 g/mol. The van der Waals surface area contributed by atoms with Crippen molar-refractivity contribution in [1.82, 2.24) is 19.6 Å². The minimum absolute atomic E-state index is 0.0913. The zero-order valence-corrected chi connectivity index (χ0v) is 11.9. The molecule has 0 radical (unpaired) electrons. The first-order valence-electron chi connectivity index (χ1n) is 6.52. The summed E-state index contributed by atoms with van der Waals surface area (Å²) in [4.78, 5) is 3.91. The van der Waals surface area contributed by atoms with Gasteiger partial charge < -0.3 is 9.88 Å². The average molecular weight is 284 g/mol. The molecule has 2 rings (SSSR count). The number of nitrogens with zero attached hydrogens (tertiary/aromatic N) is 2. The van der Waals surface area contributed by atoms with Crippen LogP contribution in [0.25, 0.3) is 0 Å². The lowest BCUT2D eigenvalue weighted by molar-refractivity contribution is 0.576. The Kier molecular flexibility index (Phi) is 4.73. The van der Waals surface area contributed by atoms with Crippen LogP contribution in [0.4, 0.5) is 0 Å². The summed E-state index contributed by atoms with van der Waals surface area (Å²) in [5, 5.41) is 3.32. The summed E-state index contributed by atoms with van der Waals surface area (Å²) in [5.41, 5.74) is 1.31. The Morgan fingerprint density at radius 1 is 1.53 bits per heavy atom. The predicted molar refractivity (Wildman–Crippen MR) is 73.3 cm³/mol. The van der Waals surface area contributed by atoms with Crippen molar-refractivity contribution in [3.8, 4) is 0 Å². The minimum Gasteiger partial charge on any atom is -0.336 e. The summed E-state index contributed by atoms with van der Waals surface area (Å²) < 4.78 is 28.3. The van der Waals surface area contributed by atoms with E-state index in [4.69, 9.17) is 0 Å². The number of hydrogen-bond donors (Lipinski definition) is 2. The van der Waals surface area contributed by atoms with Crippen LogP contribution in [0, 0.1) is 0 Å². The molecule has 0 bridgehead atoms. The first-order chi connectivity index (χ1) is 9.12. The molecule has 0 saturated carbocycles. The van der Waals surface area contributed by atoms with Crippen LogP contribution in [-0.4, -0.2) is 37.6 Å². The lowest BCUT2D eigenvalue weighted by Gasteiger charge is -2.13. The van der Waals surface area contributed by atoms with Crippen molar-refractivity contribution in [2.75, 3.05) is 19.6 Å². The van der Waals surface area contributed by atoms with Gasteiger partial charge in [-0.1, -0.05) is 11.6 Å². The summed E-state index contributed by atoms with van der Waals surface area (Å²) in [6.07, 6.45) is 6.96. The molecule has 2 heterocycles. The smallest absolute Gasteiger partial charge is 0.259 e. The first-order valence-corrected chi connectivity index (χ1v) is 8.00. The largest absolute Gasteiger partial charge is 0.336 e. The molecule has 0 atom stereocenters. The van der Waals surface area contributed by atoms with Gasteiger partial charge in [-0.05, 0) is 26.3 Å². The maximum atomic E-state index is 12.0. The fraction of sp³-hybridized carbons (Fsp3) is 0.583. The number of nitrogens with one attached hydrogen (secondary N) is 2. The molecule has 0 saturated heterocycles. The molecule has 1 aromatic rings. The van der Waals surface area contributed by atoms with E-state index in [-0.39, 0.29) is 5.03 Å². The van der Waals surface area contributed by atoms with Gasteiger partial charge in [0.25, 0.3) is 10.0 Å². The molecule has 0 aromatic carbocycles. The second kappa shape index (κ2) is 6.31. The van der Waals surface area contributed by atoms with Gasteiger partial charge in [0.15, 0.2) is 5.03 Å². The fourth-order valence-electron chi connectivity index (χ4n) is 1.97. The van der Waals surface area contributed by atoms with Crippen LogP contribution in [0.5, 0.6) is 0 Å². The summed E-state index contributed by atoms with van der Waals surface area (Å²) in [7, 11) is -3.48. The maximum Gasteiger partial charge on any atom is 0.259 e. The molecule has 0 spiro atoms. The maximum absolute atomic E-state index is 12.0. The standard InChI is InChI=1S/C12H20N4O2S/c1-2-16-9-12(14-10-16)19(17,18)15-8-5-11-3-6-13-7-4-11/h3,9-10,13,15H,2,4-8H2,1H3. The lowest BCUT2D eigenvalue weighted by atomic mass is 10.1. The summed E-state index contributed by atoms with van der Waals surface area (Å²) >= 11 is 0. The Hall–Kier alpha value is -1.18. The van der Waals surface area contributed by atoms with Crippen molar-refractivity contribution in [1.29, 1.82) is 0 Å². The molecule has 1 aliphatic rings. The number of rotatable bonds is 6. The second-order valence-electron chi connectivity index (χ2n) is 4.51. The van der Waals surface area contributed by atoms with E-state index in [1.165, 1.54) is 11.9 Å². The van der Waals surface area contributed by atoms with Crippen molar-refractivity contribution in [2.45, 2.75) is 31.3 Å². The van der Waals surface area contributed by atoms with Crippen LogP contribution in [0.3, 0.4) is 0 Å². The van der Waals surface area contributed by atoms with Crippen LogP contribution in [-0.2, 0) is 16.6 Å². The van der Waals surface area contributed by atoms with Crippen LogP contribution < -0.4 is 10.0 Å². The number of aryl methyl sites for hydroxylation is 1. The Bertz CT molecular complexity index is 548. The van der Waals surface area contributed by atoms with Crippen molar-refractivity contribution in [2.24, 2.45) is 0 Å². The highest BCUT2D eigenvalue weighted by Gasteiger charge is 2.16. The van der Waals surface area contributed by atoms with Gasteiger partial charge in [-0.15, -0.1) is 0 Å². The van der Waals surface area contributed by atoms with Gasteiger partial charge in [0, 0.05) is 25.8 Å². The molecular weight excluding hydrogens is 264 g/mol. The molecular formula is C12H20N4O2S. The van der Waals surface area contributed by atoms with E-state index >= 15 is 0 Å². The van der Waals surface area contributed by atoms with Crippen LogP contribution in [0.2, 0.25) is 0 Å². The molecule has 0 fully saturated rings. The van der Waals surface area contributed by atoms with Crippen LogP contribution >= 0.6 is 0 Å². The molecule has 7 heteroatoms. The van der Waals surface area contributed by atoms with Crippen molar-refractivity contribution in [3.63, 3.8) is 0 Å². The third-order valence-electron chi connectivity index (χ3n) is 3.15. The Morgan fingerprint density at radius 3 is 3.00 bits per heavy atom. The van der Waals surface area contributed by atoms with E-state index in [2.05, 4.69) is 21.1 Å². The lowest BCUT2D eigenvalue weighted by Crippen LogP contribution is -2.27. The van der Waals surface area contributed by atoms with E-state index in [1.807, 2.05) is 6.92 Å². The summed E-state index contributed by atoms with van der Waals surface area (Å²) in [5.74, 6) is 0. The summed E-state index contributed by atoms with van der Waals surface area (Å²) in [6, 6.07) is 0. The Labute approximate surface area is 114 Å². The Morgan fingerprint density at radius 2 is 2.37 bits per heavy atom. The minimum atomic E-state index is -3.48. The zero-order valence-electron chi connectivity index (χ0n) is 11.1. The normalized spacial score (nSPS) is 16.4. The van der Waals surface area contributed by atoms with Gasteiger partial charge in [0.1, 0.15) is 0 Å². The molecule has 1 aliphatic heterocycles. The molecule has 2 N–H and O–H groups in total. The summed E-state index contributed by atoms with van der Waals surface area (Å²) in [6.45, 7) is 4.92. The highest BCUT2D eigenvalue weighted by Crippen LogP contribution is 2.10. The topological polar surface area (TPSA) is 76.0 Å². The fourth-order valence-corrected chi connectivity index (χ4v) is 2.95. The van der Waals surface area contributed by atoms with E-state index < -0.39 is 10.0 Å². The van der Waals surface area contributed by atoms with Gasteiger partial charge in [-0.2, -0.15) is 0 Å². The van der Waals surface area contributed by atoms with Crippen molar-refractivity contribution in [3.05, 3.63) is 24.2 Å². The quantitative estimate of drug-likeness (QED) is 0.746. The second-order valence-corrected chi connectivity index (χ2v) is 6.22. The highest BCUT2D eigenvalue weighted by molar-refractivity contribution is 7.89. The molecule has 0 unspecified atom stereocenters. The number of hydrogen-bond acceptors (Lipinski definition) is 4. The highest BCUT2D eigenvalue weighted by atomic mass is 32.2. The van der Waals surface area contributed by atoms with Crippen molar-refractivity contribution < 1.29 is 8.42 Å². The zero-order chi connectivity index (χ0) is 13.7. The number of sulfonamides is 1. The molecule has 0 aliphatic carbocycles. The molecule has 6 nitrogen and oxygen atoms in total. The number of imidazole rings is 1. The third-order valence-corrected chi connectivity index (χ3v) is 4.49. The van der Waals surface area contributed by atoms with Crippen molar-refractivity contribution >= 4 is 10.0 Å². The van der Waals surface area contributed by atoms with Crippen LogP contribution in [0.15, 0.2) is 29.2 Å². The molecule has 0 amide bonds. The number of aromatic nitrogens is 2. The van der Waals surface area contributed by atoms with E-state index in [0.29, 0.717) is 13.1 Å². The van der Waals surface area contributed by atoms with Gasteiger partial charge in [0.05, 0.1) is 6.33 Å². The van der Waals surface area contributed by atoms with Gasteiger partial charge >= 0.3 is 0 Å². The average Bonchev–Trinajstić information content (AvgIpc) is 2.89. The van der Waals surface area contributed by atoms with Gasteiger partial charge in [-0.25, -0.2) is 18.1 Å². The molecule has 19 heavy (non-hydrogen) atoms. The van der Waals surface area contributed by atoms with E-state index in [0.717, 1.165) is 25.9 Å². The third kappa shape index (κ3) is 3.89. The van der Waals surface area contributed by atoms with Gasteiger partial charge in [-0.3, -0.25) is 0 Å². The van der Waals surface area contributed by atoms with Crippen LogP contribution in [0.1, 0.15) is 19.8 Å². The molecule has 1 aromatic heterocycles. The van der Waals surface area contributed by atoms with E-state index in [1.54, 1.807) is 10.8 Å². The first kappa shape index (κ1) is 14.2. The van der Waals surface area contributed by atoms with Gasteiger partial charge in [0.2, 0.25) is 0 Å².